The molecule has 1 aliphatic heterocycles. The second-order valence-corrected chi connectivity index (χ2v) is 7.26. The van der Waals surface area contributed by atoms with Crippen molar-refractivity contribution in [3.63, 3.8) is 0 Å². The van der Waals surface area contributed by atoms with Crippen molar-refractivity contribution >= 4 is 17.7 Å². The number of benzene rings is 1. The molecule has 1 aliphatic carbocycles. The molecule has 0 radical (unpaired) electrons. The van der Waals surface area contributed by atoms with Gasteiger partial charge in [-0.3, -0.25) is 0 Å². The van der Waals surface area contributed by atoms with Gasteiger partial charge in [-0.25, -0.2) is 4.79 Å². The van der Waals surface area contributed by atoms with Crippen LogP contribution < -0.4 is 0 Å². The van der Waals surface area contributed by atoms with Crippen molar-refractivity contribution in [1.82, 2.24) is 0 Å². The molecule has 3 nitrogen and oxygen atoms in total. The molecule has 21 heavy (non-hydrogen) atoms. The van der Waals surface area contributed by atoms with Gasteiger partial charge in [-0.05, 0) is 43.9 Å². The molecule has 1 N–H and O–H groups in total. The molecule has 3 rings (SSSR count). The maximum absolute atomic E-state index is 11.0. The average molecular weight is 306 g/mol. The number of rotatable bonds is 4. The van der Waals surface area contributed by atoms with Crippen molar-refractivity contribution < 1.29 is 14.6 Å². The van der Waals surface area contributed by atoms with Crippen molar-refractivity contribution in [3.8, 4) is 0 Å². The molecule has 1 aromatic rings. The highest BCUT2D eigenvalue weighted by Gasteiger charge is 2.40. The van der Waals surface area contributed by atoms with E-state index in [0.717, 1.165) is 17.1 Å². The Hall–Kier alpha value is -1.00. The fourth-order valence-electron chi connectivity index (χ4n) is 3.48. The first-order valence-corrected chi connectivity index (χ1v) is 8.79. The van der Waals surface area contributed by atoms with Crippen molar-refractivity contribution in [2.24, 2.45) is 0 Å². The van der Waals surface area contributed by atoms with Crippen LogP contribution in [0.15, 0.2) is 29.2 Å². The van der Waals surface area contributed by atoms with Crippen LogP contribution in [0.25, 0.3) is 0 Å². The Labute approximate surface area is 130 Å². The SMILES string of the molecule is O=C(O)c1cccc(SCC2CCC3(CCCCC3)O2)c1. The quantitative estimate of drug-likeness (QED) is 0.840. The summed E-state index contributed by atoms with van der Waals surface area (Å²) in [7, 11) is 0. The highest BCUT2D eigenvalue weighted by atomic mass is 32.2. The number of hydrogen-bond acceptors (Lipinski definition) is 3. The van der Waals surface area contributed by atoms with Crippen molar-refractivity contribution in [2.45, 2.75) is 61.5 Å². The molecular weight excluding hydrogens is 284 g/mol. The van der Waals surface area contributed by atoms with Crippen molar-refractivity contribution in [3.05, 3.63) is 29.8 Å². The lowest BCUT2D eigenvalue weighted by Gasteiger charge is -2.33. The zero-order valence-electron chi connectivity index (χ0n) is 12.2. The second kappa shape index (κ2) is 6.41. The number of carboxylic acid groups (broad SMARTS) is 1. The minimum Gasteiger partial charge on any atom is -0.478 e. The predicted octanol–water partition coefficient (Wildman–Crippen LogP) is 4.36. The molecule has 2 fully saturated rings. The molecule has 1 heterocycles. The number of carboxylic acids is 1. The molecular formula is C17H22O3S. The fraction of sp³-hybridized carbons (Fsp3) is 0.588. The number of thioether (sulfide) groups is 1. The van der Waals surface area contributed by atoms with Crippen LogP contribution in [0.4, 0.5) is 0 Å². The Kier molecular flexibility index (Phi) is 4.55. The summed E-state index contributed by atoms with van der Waals surface area (Å²) in [5.74, 6) is 0.0564. The van der Waals surface area contributed by atoms with Gasteiger partial charge < -0.3 is 9.84 Å². The molecule has 1 saturated heterocycles. The predicted molar refractivity (Wildman–Crippen MR) is 84.0 cm³/mol. The van der Waals surface area contributed by atoms with Gasteiger partial charge in [0.05, 0.1) is 17.3 Å². The van der Waals surface area contributed by atoms with Crippen molar-refractivity contribution in [2.75, 3.05) is 5.75 Å². The van der Waals surface area contributed by atoms with E-state index in [-0.39, 0.29) is 5.60 Å². The molecule has 1 spiro atoms. The van der Waals surface area contributed by atoms with Crippen LogP contribution in [0.1, 0.15) is 55.3 Å². The third-order valence-corrected chi connectivity index (χ3v) is 5.75. The first-order valence-electron chi connectivity index (χ1n) is 7.81. The minimum absolute atomic E-state index is 0.173. The summed E-state index contributed by atoms with van der Waals surface area (Å²) in [6.07, 6.45) is 9.08. The molecule has 2 aliphatic rings. The Morgan fingerprint density at radius 2 is 2.10 bits per heavy atom. The maximum atomic E-state index is 11.0. The lowest BCUT2D eigenvalue weighted by Crippen LogP contribution is -2.32. The molecule has 114 valence electrons. The van der Waals surface area contributed by atoms with E-state index in [2.05, 4.69) is 0 Å². The zero-order chi connectivity index (χ0) is 14.7. The van der Waals surface area contributed by atoms with E-state index >= 15 is 0 Å². The zero-order valence-corrected chi connectivity index (χ0v) is 13.0. The highest BCUT2D eigenvalue weighted by molar-refractivity contribution is 7.99. The van der Waals surface area contributed by atoms with E-state index in [0.29, 0.717) is 11.7 Å². The van der Waals surface area contributed by atoms with E-state index in [4.69, 9.17) is 9.84 Å². The van der Waals surface area contributed by atoms with E-state index in [1.165, 1.54) is 38.5 Å². The van der Waals surface area contributed by atoms with Gasteiger partial charge in [0.1, 0.15) is 0 Å². The number of aromatic carboxylic acids is 1. The number of hydrogen-bond donors (Lipinski definition) is 1. The average Bonchev–Trinajstić information content (AvgIpc) is 2.89. The van der Waals surface area contributed by atoms with E-state index in [9.17, 15) is 4.79 Å². The van der Waals surface area contributed by atoms with Crippen LogP contribution in [-0.4, -0.2) is 28.5 Å². The number of ether oxygens (including phenoxy) is 1. The van der Waals surface area contributed by atoms with Gasteiger partial charge >= 0.3 is 5.97 Å². The molecule has 1 saturated carbocycles. The fourth-order valence-corrected chi connectivity index (χ4v) is 4.48. The third-order valence-electron chi connectivity index (χ3n) is 4.62. The summed E-state index contributed by atoms with van der Waals surface area (Å²) in [6, 6.07) is 7.17. The molecule has 0 aromatic heterocycles. The second-order valence-electron chi connectivity index (χ2n) is 6.17. The third kappa shape index (κ3) is 3.61. The monoisotopic (exact) mass is 306 g/mol. The first kappa shape index (κ1) is 14.9. The summed E-state index contributed by atoms with van der Waals surface area (Å²) in [5.41, 5.74) is 0.530. The Bertz CT molecular complexity index is 509. The standard InChI is InChI=1S/C17H22O3S/c18-16(19)13-5-4-6-15(11-13)21-12-14-7-10-17(20-14)8-2-1-3-9-17/h4-6,11,14H,1-3,7-10,12H2,(H,18,19). The summed E-state index contributed by atoms with van der Waals surface area (Å²) >= 11 is 1.71. The topological polar surface area (TPSA) is 46.5 Å². The van der Waals surface area contributed by atoms with Crippen LogP contribution in [0, 0.1) is 0 Å². The van der Waals surface area contributed by atoms with Crippen LogP contribution in [0.3, 0.4) is 0 Å². The summed E-state index contributed by atoms with van der Waals surface area (Å²) in [4.78, 5) is 12.0. The summed E-state index contributed by atoms with van der Waals surface area (Å²) in [5, 5.41) is 9.02. The van der Waals surface area contributed by atoms with E-state index < -0.39 is 5.97 Å². The van der Waals surface area contributed by atoms with Gasteiger partial charge in [0, 0.05) is 10.6 Å². The minimum atomic E-state index is -0.865. The Balaban J connectivity index is 1.54. The summed E-state index contributed by atoms with van der Waals surface area (Å²) < 4.78 is 6.35. The molecule has 1 aromatic carbocycles. The van der Waals surface area contributed by atoms with Gasteiger partial charge in [-0.2, -0.15) is 0 Å². The lowest BCUT2D eigenvalue weighted by atomic mass is 9.83. The van der Waals surface area contributed by atoms with E-state index in [1.807, 2.05) is 12.1 Å². The Morgan fingerprint density at radius 1 is 1.29 bits per heavy atom. The molecule has 0 amide bonds. The first-order chi connectivity index (χ1) is 10.2. The molecule has 0 bridgehead atoms. The normalized spacial score (nSPS) is 24.3. The summed E-state index contributed by atoms with van der Waals surface area (Å²) in [6.45, 7) is 0. The Morgan fingerprint density at radius 3 is 2.86 bits per heavy atom. The lowest BCUT2D eigenvalue weighted by molar-refractivity contribution is -0.0555. The number of carbonyl (C=O) groups is 1. The van der Waals surface area contributed by atoms with E-state index in [1.54, 1.807) is 23.9 Å². The van der Waals surface area contributed by atoms with Gasteiger partial charge in [-0.1, -0.05) is 25.3 Å². The van der Waals surface area contributed by atoms with Crippen LogP contribution in [0.2, 0.25) is 0 Å². The molecule has 4 heteroatoms. The van der Waals surface area contributed by atoms with Crippen LogP contribution >= 0.6 is 11.8 Å². The highest BCUT2D eigenvalue weighted by Crippen LogP contribution is 2.42. The van der Waals surface area contributed by atoms with Gasteiger partial charge in [-0.15, -0.1) is 11.8 Å². The molecule has 1 atom stereocenters. The van der Waals surface area contributed by atoms with Gasteiger partial charge in [0.2, 0.25) is 0 Å². The molecule has 1 unspecified atom stereocenters. The largest absolute Gasteiger partial charge is 0.478 e. The smallest absolute Gasteiger partial charge is 0.335 e. The van der Waals surface area contributed by atoms with Gasteiger partial charge in [0.15, 0.2) is 0 Å². The van der Waals surface area contributed by atoms with Crippen LogP contribution in [0.5, 0.6) is 0 Å². The van der Waals surface area contributed by atoms with Gasteiger partial charge in [0.25, 0.3) is 0 Å². The maximum Gasteiger partial charge on any atom is 0.335 e. The van der Waals surface area contributed by atoms with Crippen molar-refractivity contribution in [1.29, 1.82) is 0 Å². The van der Waals surface area contributed by atoms with Crippen LogP contribution in [-0.2, 0) is 4.74 Å².